The van der Waals surface area contributed by atoms with Gasteiger partial charge in [-0.15, -0.1) is 4.40 Å². The van der Waals surface area contributed by atoms with Crippen molar-refractivity contribution in [3.63, 3.8) is 0 Å². The molecule has 3 aromatic rings. The van der Waals surface area contributed by atoms with Crippen molar-refractivity contribution in [2.24, 2.45) is 4.40 Å². The lowest BCUT2D eigenvalue weighted by molar-refractivity contribution is 0.0985. The third-order valence-corrected chi connectivity index (χ3v) is 6.72. The average molecular weight is 417 g/mol. The van der Waals surface area contributed by atoms with E-state index in [9.17, 15) is 13.2 Å². The maximum Gasteiger partial charge on any atom is 0.285 e. The molecule has 1 N–H and O–H groups in total. The van der Waals surface area contributed by atoms with Gasteiger partial charge in [0, 0.05) is 29.0 Å². The van der Waals surface area contributed by atoms with Gasteiger partial charge < -0.3 is 10.2 Å². The van der Waals surface area contributed by atoms with Gasteiger partial charge >= 0.3 is 0 Å². The van der Waals surface area contributed by atoms with Crippen LogP contribution in [-0.2, 0) is 16.4 Å². The predicted molar refractivity (Wildman–Crippen MR) is 117 cm³/mol. The quantitative estimate of drug-likeness (QED) is 0.687. The number of aryl methyl sites for hydroxylation is 1. The van der Waals surface area contributed by atoms with Crippen LogP contribution in [0.4, 0.5) is 11.4 Å². The largest absolute Gasteiger partial charge is 0.339 e. The molecule has 2 heterocycles. The number of rotatable bonds is 2. The summed E-state index contributed by atoms with van der Waals surface area (Å²) in [6.07, 6.45) is 1.92. The second-order valence-electron chi connectivity index (χ2n) is 7.30. The average Bonchev–Trinajstić information content (AvgIpc) is 3.03. The van der Waals surface area contributed by atoms with Crippen LogP contribution < -0.4 is 10.2 Å². The molecule has 6 nitrogen and oxygen atoms in total. The Morgan fingerprint density at radius 2 is 1.67 bits per heavy atom. The van der Waals surface area contributed by atoms with Crippen LogP contribution in [0.15, 0.2) is 82.1 Å². The molecular weight excluding hydrogens is 398 g/mol. The molecule has 5 rings (SSSR count). The van der Waals surface area contributed by atoms with E-state index < -0.39 is 10.0 Å². The molecule has 2 aliphatic rings. The fourth-order valence-corrected chi connectivity index (χ4v) is 5.11. The number of amides is 1. The highest BCUT2D eigenvalue weighted by Crippen LogP contribution is 2.29. The van der Waals surface area contributed by atoms with Gasteiger partial charge in [-0.2, -0.15) is 8.42 Å². The first-order valence-electron chi connectivity index (χ1n) is 9.74. The minimum Gasteiger partial charge on any atom is -0.339 e. The van der Waals surface area contributed by atoms with E-state index in [0.717, 1.165) is 18.5 Å². The number of carbonyl (C=O) groups excluding carboxylic acids is 1. The summed E-state index contributed by atoms with van der Waals surface area (Å²) in [4.78, 5) is 15.1. The molecule has 2 aliphatic heterocycles. The Balaban J connectivity index is 1.38. The van der Waals surface area contributed by atoms with Crippen LogP contribution in [0.5, 0.6) is 0 Å². The van der Waals surface area contributed by atoms with Gasteiger partial charge in [-0.3, -0.25) is 4.79 Å². The maximum absolute atomic E-state index is 13.1. The van der Waals surface area contributed by atoms with Crippen molar-refractivity contribution in [2.75, 3.05) is 16.8 Å². The van der Waals surface area contributed by atoms with E-state index in [4.69, 9.17) is 0 Å². The number of para-hydroxylation sites is 1. The van der Waals surface area contributed by atoms with E-state index in [0.29, 0.717) is 23.4 Å². The Kier molecular flexibility index (Phi) is 4.40. The number of benzene rings is 3. The third-order valence-electron chi connectivity index (χ3n) is 5.38. The molecule has 0 saturated heterocycles. The molecule has 1 amide bonds. The predicted octanol–water partition coefficient (Wildman–Crippen LogP) is 3.84. The zero-order valence-electron chi connectivity index (χ0n) is 16.1. The van der Waals surface area contributed by atoms with Crippen LogP contribution in [0.2, 0.25) is 0 Å². The van der Waals surface area contributed by atoms with Crippen molar-refractivity contribution in [3.8, 4) is 0 Å². The minimum atomic E-state index is -3.67. The van der Waals surface area contributed by atoms with E-state index in [2.05, 4.69) is 15.8 Å². The highest BCUT2D eigenvalue weighted by molar-refractivity contribution is 7.90. The lowest BCUT2D eigenvalue weighted by Crippen LogP contribution is -2.35. The van der Waals surface area contributed by atoms with Gasteiger partial charge in [-0.05, 0) is 60.9 Å². The number of fused-ring (bicyclic) bond motifs is 2. The van der Waals surface area contributed by atoms with Gasteiger partial charge in [-0.1, -0.05) is 30.3 Å². The van der Waals surface area contributed by atoms with E-state index in [1.807, 2.05) is 23.1 Å². The van der Waals surface area contributed by atoms with E-state index in [1.165, 1.54) is 5.56 Å². The number of nitrogens with one attached hydrogen (secondary N) is 1. The number of anilines is 2. The van der Waals surface area contributed by atoms with Crippen LogP contribution in [0.25, 0.3) is 0 Å². The standard InChI is InChI=1S/C23H19N3O3S/c27-23(26-15-5-7-16-6-1-3-9-20(16)26)17-11-13-18(14-12-17)24-22-19-8-2-4-10-21(19)30(28,29)25-22/h1-4,6,8-14H,5,7,15H2,(H,24,25). The summed E-state index contributed by atoms with van der Waals surface area (Å²) >= 11 is 0. The molecule has 150 valence electrons. The van der Waals surface area contributed by atoms with Gasteiger partial charge in [0.25, 0.3) is 15.9 Å². The van der Waals surface area contributed by atoms with Crippen molar-refractivity contribution in [1.29, 1.82) is 0 Å². The minimum absolute atomic E-state index is 0.0418. The Morgan fingerprint density at radius 3 is 2.50 bits per heavy atom. The van der Waals surface area contributed by atoms with Crippen molar-refractivity contribution < 1.29 is 13.2 Å². The van der Waals surface area contributed by atoms with Crippen molar-refractivity contribution in [2.45, 2.75) is 17.7 Å². The molecule has 0 bridgehead atoms. The van der Waals surface area contributed by atoms with Gasteiger partial charge in [0.15, 0.2) is 5.84 Å². The lowest BCUT2D eigenvalue weighted by Gasteiger charge is -2.29. The van der Waals surface area contributed by atoms with Crippen molar-refractivity contribution in [3.05, 3.63) is 89.5 Å². The number of nitrogens with zero attached hydrogens (tertiary/aromatic N) is 2. The topological polar surface area (TPSA) is 78.8 Å². The number of carbonyl (C=O) groups is 1. The van der Waals surface area contributed by atoms with Gasteiger partial charge in [0.05, 0.1) is 0 Å². The summed E-state index contributed by atoms with van der Waals surface area (Å²) in [6.45, 7) is 0.696. The zero-order valence-corrected chi connectivity index (χ0v) is 16.9. The molecule has 0 fully saturated rings. The zero-order chi connectivity index (χ0) is 20.7. The van der Waals surface area contributed by atoms with Crippen LogP contribution in [0, 0.1) is 0 Å². The fraction of sp³-hybridized carbons (Fsp3) is 0.130. The van der Waals surface area contributed by atoms with Crippen molar-refractivity contribution in [1.82, 2.24) is 0 Å². The lowest BCUT2D eigenvalue weighted by atomic mass is 10.0. The smallest absolute Gasteiger partial charge is 0.285 e. The Morgan fingerprint density at radius 1 is 0.933 bits per heavy atom. The Bertz CT molecular complexity index is 1280. The van der Waals surface area contributed by atoms with Gasteiger partial charge in [0.1, 0.15) is 4.90 Å². The monoisotopic (exact) mass is 417 g/mol. The second kappa shape index (κ2) is 7.11. The molecule has 0 aromatic heterocycles. The third kappa shape index (κ3) is 3.17. The summed E-state index contributed by atoms with van der Waals surface area (Å²) in [5.74, 6) is 0.245. The molecule has 30 heavy (non-hydrogen) atoms. The van der Waals surface area contributed by atoms with Crippen LogP contribution in [0.3, 0.4) is 0 Å². The molecule has 0 aliphatic carbocycles. The van der Waals surface area contributed by atoms with Crippen LogP contribution >= 0.6 is 0 Å². The van der Waals surface area contributed by atoms with Crippen molar-refractivity contribution >= 4 is 33.1 Å². The summed E-state index contributed by atoms with van der Waals surface area (Å²) in [7, 11) is -3.67. The van der Waals surface area contributed by atoms with E-state index in [1.54, 1.807) is 48.5 Å². The van der Waals surface area contributed by atoms with Gasteiger partial charge in [0.2, 0.25) is 0 Å². The SMILES string of the molecule is O=C(c1ccc(NC2=NS(=O)(=O)c3ccccc32)cc1)N1CCCc2ccccc21. The molecular formula is C23H19N3O3S. The summed E-state index contributed by atoms with van der Waals surface area (Å²) in [5, 5.41) is 3.06. The van der Waals surface area contributed by atoms with Crippen LogP contribution in [-0.4, -0.2) is 26.7 Å². The highest BCUT2D eigenvalue weighted by Gasteiger charge is 2.28. The summed E-state index contributed by atoms with van der Waals surface area (Å²) in [6, 6.07) is 21.7. The number of amidine groups is 1. The number of hydrogen-bond donors (Lipinski definition) is 1. The maximum atomic E-state index is 13.1. The molecule has 0 radical (unpaired) electrons. The molecule has 0 unspecified atom stereocenters. The van der Waals surface area contributed by atoms with E-state index >= 15 is 0 Å². The first-order valence-corrected chi connectivity index (χ1v) is 11.2. The summed E-state index contributed by atoms with van der Waals surface area (Å²) in [5.41, 5.74) is 3.95. The van der Waals surface area contributed by atoms with Gasteiger partial charge in [-0.25, -0.2) is 0 Å². The molecule has 0 atom stereocenters. The first-order chi connectivity index (χ1) is 14.5. The molecule has 3 aromatic carbocycles. The number of hydrogen-bond acceptors (Lipinski definition) is 4. The van der Waals surface area contributed by atoms with Crippen LogP contribution in [0.1, 0.15) is 27.9 Å². The fourth-order valence-electron chi connectivity index (χ4n) is 3.93. The second-order valence-corrected chi connectivity index (χ2v) is 8.88. The van der Waals surface area contributed by atoms with E-state index in [-0.39, 0.29) is 16.6 Å². The Hall–Kier alpha value is -3.45. The normalized spacial score (nSPS) is 16.4. The number of sulfonamides is 1. The molecule has 0 spiro atoms. The first kappa shape index (κ1) is 18.6. The summed E-state index contributed by atoms with van der Waals surface area (Å²) < 4.78 is 28.2. The molecule has 0 saturated carbocycles. The highest BCUT2D eigenvalue weighted by atomic mass is 32.2. The molecule has 7 heteroatoms. The Labute approximate surface area is 174 Å².